The van der Waals surface area contributed by atoms with Crippen LogP contribution in [-0.2, 0) is 10.0 Å². The Morgan fingerprint density at radius 3 is 1.50 bits per heavy atom. The summed E-state index contributed by atoms with van der Waals surface area (Å²) in [5.74, 6) is 0.278. The van der Waals surface area contributed by atoms with E-state index in [1.807, 2.05) is 0 Å². The Labute approximate surface area is 114 Å². The Morgan fingerprint density at radius 1 is 0.722 bits per heavy atom. The second kappa shape index (κ2) is 12.0. The Morgan fingerprint density at radius 2 is 1.11 bits per heavy atom. The Hall–Kier alpha value is -0.0900. The summed E-state index contributed by atoms with van der Waals surface area (Å²) in [6.07, 6.45) is 13.7. The molecule has 0 aliphatic carbocycles. The number of rotatable bonds is 13. The third-order valence-corrected chi connectivity index (χ3v) is 4.78. The molecule has 0 saturated carbocycles. The highest BCUT2D eigenvalue weighted by atomic mass is 32.2. The van der Waals surface area contributed by atoms with Crippen LogP contribution in [0.5, 0.6) is 0 Å². The molecule has 110 valence electrons. The minimum absolute atomic E-state index is 0.278. The fourth-order valence-corrected chi connectivity index (χ4v) is 2.85. The lowest BCUT2D eigenvalue weighted by atomic mass is 10.1. The zero-order valence-electron chi connectivity index (χ0n) is 12.2. The zero-order chi connectivity index (χ0) is 13.7. The third-order valence-electron chi connectivity index (χ3n) is 3.33. The predicted molar refractivity (Wildman–Crippen MR) is 79.3 cm³/mol. The van der Waals surface area contributed by atoms with E-state index in [0.29, 0.717) is 0 Å². The third kappa shape index (κ3) is 12.4. The van der Waals surface area contributed by atoms with Gasteiger partial charge in [-0.2, -0.15) is 0 Å². The molecule has 0 aromatic rings. The van der Waals surface area contributed by atoms with Crippen molar-refractivity contribution in [1.29, 1.82) is 0 Å². The van der Waals surface area contributed by atoms with E-state index in [4.69, 9.17) is 0 Å². The molecule has 0 heterocycles. The van der Waals surface area contributed by atoms with E-state index in [1.165, 1.54) is 64.8 Å². The average molecular weight is 277 g/mol. The molecule has 0 saturated heterocycles. The van der Waals surface area contributed by atoms with E-state index >= 15 is 0 Å². The van der Waals surface area contributed by atoms with E-state index in [9.17, 15) is 8.42 Å². The molecule has 0 bridgehead atoms. The topological polar surface area (TPSA) is 46.2 Å². The number of sulfonamides is 1. The molecule has 0 spiro atoms. The first kappa shape index (κ1) is 17.9. The first-order valence-electron chi connectivity index (χ1n) is 7.53. The van der Waals surface area contributed by atoms with E-state index in [2.05, 4.69) is 11.6 Å². The highest BCUT2D eigenvalue weighted by Gasteiger charge is 2.05. The maximum absolute atomic E-state index is 11.1. The highest BCUT2D eigenvalue weighted by Crippen LogP contribution is 2.11. The van der Waals surface area contributed by atoms with Gasteiger partial charge in [-0.3, -0.25) is 0 Å². The number of hydrogen-bond acceptors (Lipinski definition) is 2. The van der Waals surface area contributed by atoms with E-state index in [-0.39, 0.29) is 5.75 Å². The molecule has 0 fully saturated rings. The normalized spacial score (nSPS) is 11.9. The molecule has 0 aliphatic rings. The van der Waals surface area contributed by atoms with Gasteiger partial charge in [0.2, 0.25) is 10.0 Å². The molecule has 0 unspecified atom stereocenters. The molecule has 0 aromatic carbocycles. The van der Waals surface area contributed by atoms with Gasteiger partial charge in [-0.15, -0.1) is 0 Å². The van der Waals surface area contributed by atoms with E-state index in [0.717, 1.165) is 12.8 Å². The van der Waals surface area contributed by atoms with Crippen molar-refractivity contribution in [2.45, 2.75) is 77.6 Å². The van der Waals surface area contributed by atoms with Crippen LogP contribution in [0.1, 0.15) is 77.6 Å². The van der Waals surface area contributed by atoms with Crippen LogP contribution in [0.3, 0.4) is 0 Å². The summed E-state index contributed by atoms with van der Waals surface area (Å²) in [5, 5.41) is 0. The van der Waals surface area contributed by atoms with Crippen molar-refractivity contribution in [3.8, 4) is 0 Å². The first-order valence-corrected chi connectivity index (χ1v) is 9.19. The van der Waals surface area contributed by atoms with Crippen LogP contribution >= 0.6 is 0 Å². The van der Waals surface area contributed by atoms with Crippen LogP contribution in [0, 0.1) is 0 Å². The summed E-state index contributed by atoms with van der Waals surface area (Å²) in [4.78, 5) is 0. The molecule has 0 radical (unpaired) electrons. The lowest BCUT2D eigenvalue weighted by Gasteiger charge is -2.03. The first-order chi connectivity index (χ1) is 8.62. The summed E-state index contributed by atoms with van der Waals surface area (Å²) < 4.78 is 24.6. The largest absolute Gasteiger partial charge is 0.218 e. The summed E-state index contributed by atoms with van der Waals surface area (Å²) >= 11 is 0. The van der Waals surface area contributed by atoms with Gasteiger partial charge >= 0.3 is 0 Å². The number of unbranched alkanes of at least 4 members (excludes halogenated alkanes) is 10. The van der Waals surface area contributed by atoms with Crippen molar-refractivity contribution in [2.24, 2.45) is 0 Å². The lowest BCUT2D eigenvalue weighted by Crippen LogP contribution is -2.21. The second-order valence-electron chi connectivity index (χ2n) is 5.06. The van der Waals surface area contributed by atoms with Crippen LogP contribution in [-0.4, -0.2) is 21.2 Å². The molecular formula is C14H31NO2S. The minimum Gasteiger partial charge on any atom is -0.218 e. The van der Waals surface area contributed by atoms with Gasteiger partial charge < -0.3 is 0 Å². The predicted octanol–water partition coefficient (Wildman–Crippen LogP) is 3.85. The van der Waals surface area contributed by atoms with Crippen molar-refractivity contribution >= 4 is 10.0 Å². The van der Waals surface area contributed by atoms with Crippen LogP contribution in [0.25, 0.3) is 0 Å². The fourth-order valence-electron chi connectivity index (χ4n) is 2.06. The smallest absolute Gasteiger partial charge is 0.211 e. The maximum atomic E-state index is 11.1. The molecular weight excluding hydrogens is 246 g/mol. The van der Waals surface area contributed by atoms with E-state index in [1.54, 1.807) is 0 Å². The van der Waals surface area contributed by atoms with Crippen LogP contribution < -0.4 is 4.72 Å². The molecule has 3 nitrogen and oxygen atoms in total. The van der Waals surface area contributed by atoms with Crippen LogP contribution in [0.4, 0.5) is 0 Å². The summed E-state index contributed by atoms with van der Waals surface area (Å²) in [5.41, 5.74) is 0. The van der Waals surface area contributed by atoms with Crippen molar-refractivity contribution < 1.29 is 8.42 Å². The molecule has 0 aliphatic heterocycles. The fraction of sp³-hybridized carbons (Fsp3) is 1.00. The molecule has 1 N–H and O–H groups in total. The van der Waals surface area contributed by atoms with Gasteiger partial charge in [0.1, 0.15) is 0 Å². The molecule has 0 rings (SSSR count). The van der Waals surface area contributed by atoms with Crippen LogP contribution in [0.2, 0.25) is 0 Å². The monoisotopic (exact) mass is 277 g/mol. The van der Waals surface area contributed by atoms with E-state index < -0.39 is 10.0 Å². The van der Waals surface area contributed by atoms with Crippen molar-refractivity contribution in [3.05, 3.63) is 0 Å². The number of hydrogen-bond donors (Lipinski definition) is 1. The van der Waals surface area contributed by atoms with Crippen molar-refractivity contribution in [1.82, 2.24) is 4.72 Å². The van der Waals surface area contributed by atoms with Gasteiger partial charge in [-0.1, -0.05) is 71.1 Å². The van der Waals surface area contributed by atoms with Crippen molar-refractivity contribution in [2.75, 3.05) is 12.8 Å². The van der Waals surface area contributed by atoms with Gasteiger partial charge in [0, 0.05) is 0 Å². The highest BCUT2D eigenvalue weighted by molar-refractivity contribution is 7.89. The SMILES string of the molecule is CCCCCCCCCCCCCS(=O)(=O)NC. The van der Waals surface area contributed by atoms with Gasteiger partial charge in [-0.25, -0.2) is 13.1 Å². The summed E-state index contributed by atoms with van der Waals surface area (Å²) in [6, 6.07) is 0. The molecule has 0 atom stereocenters. The average Bonchev–Trinajstić information content (AvgIpc) is 2.36. The number of nitrogens with one attached hydrogen (secondary N) is 1. The molecule has 4 heteroatoms. The standard InChI is InChI=1S/C14H31NO2S/c1-3-4-5-6-7-8-9-10-11-12-13-14-18(16,17)15-2/h15H,3-14H2,1-2H3. The minimum atomic E-state index is -2.98. The molecule has 0 aromatic heterocycles. The Kier molecular flexibility index (Phi) is 11.9. The van der Waals surface area contributed by atoms with Crippen molar-refractivity contribution in [3.63, 3.8) is 0 Å². The van der Waals surface area contributed by atoms with Gasteiger partial charge in [0.05, 0.1) is 5.75 Å². The molecule has 18 heavy (non-hydrogen) atoms. The quantitative estimate of drug-likeness (QED) is 0.520. The van der Waals surface area contributed by atoms with Crippen LogP contribution in [0.15, 0.2) is 0 Å². The molecule has 0 amide bonds. The van der Waals surface area contributed by atoms with Gasteiger partial charge in [0.15, 0.2) is 0 Å². The summed E-state index contributed by atoms with van der Waals surface area (Å²) in [7, 11) is -1.50. The summed E-state index contributed by atoms with van der Waals surface area (Å²) in [6.45, 7) is 2.24. The lowest BCUT2D eigenvalue weighted by molar-refractivity contribution is 0.550. The zero-order valence-corrected chi connectivity index (χ0v) is 13.0. The van der Waals surface area contributed by atoms with Gasteiger partial charge in [-0.05, 0) is 13.5 Å². The maximum Gasteiger partial charge on any atom is 0.211 e. The van der Waals surface area contributed by atoms with Gasteiger partial charge in [0.25, 0.3) is 0 Å². The second-order valence-corrected chi connectivity index (χ2v) is 7.10. The Bertz CT molecular complexity index is 263. The Balaban J connectivity index is 3.12.